The van der Waals surface area contributed by atoms with Crippen LogP contribution in [0.1, 0.15) is 22.3 Å². The molecule has 0 radical (unpaired) electrons. The fourth-order valence-corrected chi connectivity index (χ4v) is 3.05. The van der Waals surface area contributed by atoms with E-state index in [0.717, 1.165) is 28.1 Å². The van der Waals surface area contributed by atoms with Crippen LogP contribution in [0.3, 0.4) is 0 Å². The van der Waals surface area contributed by atoms with Crippen molar-refractivity contribution in [2.24, 2.45) is 0 Å². The summed E-state index contributed by atoms with van der Waals surface area (Å²) >= 11 is 0. The van der Waals surface area contributed by atoms with Crippen LogP contribution in [0, 0.1) is 18.3 Å². The topological polar surface area (TPSA) is 41.6 Å². The molecule has 0 aliphatic heterocycles. The van der Waals surface area contributed by atoms with Crippen molar-refractivity contribution in [3.05, 3.63) is 107 Å². The summed E-state index contributed by atoms with van der Waals surface area (Å²) in [6, 6.07) is 28.2. The first-order chi connectivity index (χ1) is 13.7. The number of rotatable bonds is 4. The molecule has 0 bridgehead atoms. The zero-order chi connectivity index (χ0) is 19.3. The molecule has 1 aromatic heterocycles. The number of benzene rings is 3. The SMILES string of the molecule is Cc1ccc(/C=C/c2cn(-c3ccccc3)nc2-c2cccc(C#N)c2)cc1. The molecule has 3 heteroatoms. The molecule has 0 saturated carbocycles. The van der Waals surface area contributed by atoms with Crippen molar-refractivity contribution in [1.29, 1.82) is 5.26 Å². The summed E-state index contributed by atoms with van der Waals surface area (Å²) < 4.78 is 1.88. The van der Waals surface area contributed by atoms with Crippen molar-refractivity contribution in [3.63, 3.8) is 0 Å². The van der Waals surface area contributed by atoms with Crippen LogP contribution in [0.4, 0.5) is 0 Å². The van der Waals surface area contributed by atoms with Gasteiger partial charge in [0.1, 0.15) is 0 Å². The standard InChI is InChI=1S/C25H19N3/c1-19-10-12-20(13-11-19)14-15-23-18-28(24-8-3-2-4-9-24)27-25(23)22-7-5-6-21(16-22)17-26/h2-16,18H,1H3/b15-14+. The van der Waals surface area contributed by atoms with Crippen LogP contribution in [-0.2, 0) is 0 Å². The molecule has 0 atom stereocenters. The molecule has 0 N–H and O–H groups in total. The maximum atomic E-state index is 9.25. The highest BCUT2D eigenvalue weighted by Gasteiger charge is 2.11. The van der Waals surface area contributed by atoms with Gasteiger partial charge in [-0.2, -0.15) is 10.4 Å². The molecule has 0 spiro atoms. The summed E-state index contributed by atoms with van der Waals surface area (Å²) in [7, 11) is 0. The van der Waals surface area contributed by atoms with Crippen molar-refractivity contribution in [3.8, 4) is 23.0 Å². The van der Waals surface area contributed by atoms with Crippen LogP contribution in [-0.4, -0.2) is 9.78 Å². The zero-order valence-electron chi connectivity index (χ0n) is 15.6. The van der Waals surface area contributed by atoms with Crippen molar-refractivity contribution in [2.45, 2.75) is 6.92 Å². The van der Waals surface area contributed by atoms with E-state index in [-0.39, 0.29) is 0 Å². The lowest BCUT2D eigenvalue weighted by Crippen LogP contribution is -1.94. The Labute approximate surface area is 164 Å². The minimum Gasteiger partial charge on any atom is -0.240 e. The van der Waals surface area contributed by atoms with Gasteiger partial charge in [-0.1, -0.05) is 72.3 Å². The van der Waals surface area contributed by atoms with Gasteiger partial charge in [0.05, 0.1) is 23.0 Å². The molecule has 4 aromatic rings. The number of hydrogen-bond acceptors (Lipinski definition) is 2. The monoisotopic (exact) mass is 361 g/mol. The molecule has 3 nitrogen and oxygen atoms in total. The Morgan fingerprint density at radius 3 is 2.43 bits per heavy atom. The van der Waals surface area contributed by atoms with Gasteiger partial charge in [-0.3, -0.25) is 0 Å². The average molecular weight is 361 g/mol. The third-order valence-electron chi connectivity index (χ3n) is 4.56. The van der Waals surface area contributed by atoms with E-state index >= 15 is 0 Å². The molecular weight excluding hydrogens is 342 g/mol. The molecule has 1 heterocycles. The number of aromatic nitrogens is 2. The summed E-state index contributed by atoms with van der Waals surface area (Å²) in [6.45, 7) is 2.08. The number of nitrogens with zero attached hydrogens (tertiary/aromatic N) is 3. The van der Waals surface area contributed by atoms with Gasteiger partial charge in [-0.15, -0.1) is 0 Å². The van der Waals surface area contributed by atoms with E-state index in [9.17, 15) is 5.26 Å². The first-order valence-electron chi connectivity index (χ1n) is 9.13. The Bertz CT molecular complexity index is 1160. The van der Waals surface area contributed by atoms with Crippen LogP contribution in [0.2, 0.25) is 0 Å². The second-order valence-electron chi connectivity index (χ2n) is 6.65. The number of para-hydroxylation sites is 1. The molecule has 28 heavy (non-hydrogen) atoms. The maximum absolute atomic E-state index is 9.25. The molecule has 0 fully saturated rings. The third-order valence-corrected chi connectivity index (χ3v) is 4.56. The van der Waals surface area contributed by atoms with Crippen LogP contribution < -0.4 is 0 Å². The minimum absolute atomic E-state index is 0.625. The Morgan fingerprint density at radius 2 is 1.68 bits per heavy atom. The molecule has 0 aliphatic rings. The van der Waals surface area contributed by atoms with Crippen molar-refractivity contribution in [1.82, 2.24) is 9.78 Å². The van der Waals surface area contributed by atoms with Gasteiger partial charge in [-0.05, 0) is 36.8 Å². The quantitative estimate of drug-likeness (QED) is 0.455. The predicted molar refractivity (Wildman–Crippen MR) is 114 cm³/mol. The fraction of sp³-hybridized carbons (Fsp3) is 0.0400. The Hall–Kier alpha value is -3.90. The lowest BCUT2D eigenvalue weighted by molar-refractivity contribution is 0.884. The molecular formula is C25H19N3. The van der Waals surface area contributed by atoms with Gasteiger partial charge in [-0.25, -0.2) is 4.68 Å². The molecule has 3 aromatic carbocycles. The molecule has 4 rings (SSSR count). The van der Waals surface area contributed by atoms with E-state index in [1.165, 1.54) is 5.56 Å². The first kappa shape index (κ1) is 17.5. The first-order valence-corrected chi connectivity index (χ1v) is 9.13. The van der Waals surface area contributed by atoms with Crippen molar-refractivity contribution < 1.29 is 0 Å². The van der Waals surface area contributed by atoms with Gasteiger partial charge < -0.3 is 0 Å². The van der Waals surface area contributed by atoms with E-state index in [2.05, 4.69) is 49.4 Å². The Morgan fingerprint density at radius 1 is 0.893 bits per heavy atom. The highest BCUT2D eigenvalue weighted by molar-refractivity contribution is 5.79. The predicted octanol–water partition coefficient (Wildman–Crippen LogP) is 5.89. The van der Waals surface area contributed by atoms with Crippen LogP contribution >= 0.6 is 0 Å². The molecule has 0 unspecified atom stereocenters. The number of nitriles is 1. The summed E-state index contributed by atoms with van der Waals surface area (Å²) in [4.78, 5) is 0. The van der Waals surface area contributed by atoms with Crippen LogP contribution in [0.15, 0.2) is 85.1 Å². The minimum atomic E-state index is 0.625. The number of hydrogen-bond donors (Lipinski definition) is 0. The second kappa shape index (κ2) is 7.77. The van der Waals surface area contributed by atoms with E-state index in [1.807, 2.05) is 59.4 Å². The van der Waals surface area contributed by atoms with Crippen molar-refractivity contribution in [2.75, 3.05) is 0 Å². The van der Waals surface area contributed by atoms with E-state index in [1.54, 1.807) is 6.07 Å². The highest BCUT2D eigenvalue weighted by Crippen LogP contribution is 2.26. The zero-order valence-corrected chi connectivity index (χ0v) is 15.6. The summed E-state index contributed by atoms with van der Waals surface area (Å²) in [6.07, 6.45) is 6.18. The molecule has 0 amide bonds. The smallest absolute Gasteiger partial charge is 0.1000 e. The van der Waals surface area contributed by atoms with Gasteiger partial charge in [0.15, 0.2) is 0 Å². The summed E-state index contributed by atoms with van der Waals surface area (Å²) in [5.41, 5.74) is 6.77. The normalized spacial score (nSPS) is 10.9. The maximum Gasteiger partial charge on any atom is 0.1000 e. The average Bonchev–Trinajstić information content (AvgIpc) is 3.18. The summed E-state index contributed by atoms with van der Waals surface area (Å²) in [5.74, 6) is 0. The van der Waals surface area contributed by atoms with Crippen LogP contribution in [0.5, 0.6) is 0 Å². The Kier molecular flexibility index (Phi) is 4.86. The lowest BCUT2D eigenvalue weighted by atomic mass is 10.0. The molecule has 134 valence electrons. The lowest BCUT2D eigenvalue weighted by Gasteiger charge is -2.01. The molecule has 0 aliphatic carbocycles. The second-order valence-corrected chi connectivity index (χ2v) is 6.65. The third kappa shape index (κ3) is 3.77. The van der Waals surface area contributed by atoms with Crippen LogP contribution in [0.25, 0.3) is 29.1 Å². The van der Waals surface area contributed by atoms with Gasteiger partial charge >= 0.3 is 0 Å². The van der Waals surface area contributed by atoms with Gasteiger partial charge in [0.25, 0.3) is 0 Å². The number of aryl methyl sites for hydroxylation is 1. The van der Waals surface area contributed by atoms with Gasteiger partial charge in [0, 0.05) is 17.3 Å². The largest absolute Gasteiger partial charge is 0.240 e. The van der Waals surface area contributed by atoms with E-state index in [4.69, 9.17) is 5.10 Å². The van der Waals surface area contributed by atoms with E-state index < -0.39 is 0 Å². The van der Waals surface area contributed by atoms with E-state index in [0.29, 0.717) is 5.56 Å². The van der Waals surface area contributed by atoms with Crippen molar-refractivity contribution >= 4 is 12.2 Å². The Balaban J connectivity index is 1.79. The van der Waals surface area contributed by atoms with Gasteiger partial charge in [0.2, 0.25) is 0 Å². The fourth-order valence-electron chi connectivity index (χ4n) is 3.05. The molecule has 0 saturated heterocycles. The highest BCUT2D eigenvalue weighted by atomic mass is 15.3. The summed E-state index contributed by atoms with van der Waals surface area (Å²) in [5, 5.41) is 14.1.